The average Bonchev–Trinajstić information content (AvgIpc) is 2.69. The molecular weight excluding hydrogens is 238 g/mol. The van der Waals surface area contributed by atoms with Gasteiger partial charge in [0.15, 0.2) is 6.73 Å². The van der Waals surface area contributed by atoms with Crippen LogP contribution in [0.2, 0.25) is 5.02 Å². The molecule has 0 spiro atoms. The summed E-state index contributed by atoms with van der Waals surface area (Å²) in [6.45, 7) is 4.24. The van der Waals surface area contributed by atoms with Crippen LogP contribution in [-0.4, -0.2) is 9.78 Å². The van der Waals surface area contributed by atoms with Crippen molar-refractivity contribution in [2.45, 2.75) is 20.6 Å². The van der Waals surface area contributed by atoms with E-state index >= 15 is 0 Å². The van der Waals surface area contributed by atoms with Crippen molar-refractivity contribution in [2.24, 2.45) is 0 Å². The van der Waals surface area contributed by atoms with Crippen molar-refractivity contribution in [2.75, 3.05) is 5.73 Å². The monoisotopic (exact) mass is 251 g/mol. The Balaban J connectivity index is 2.09. The molecule has 2 N–H and O–H groups in total. The van der Waals surface area contributed by atoms with Crippen molar-refractivity contribution in [1.29, 1.82) is 0 Å². The number of anilines is 1. The minimum Gasteiger partial charge on any atom is -0.471 e. The predicted molar refractivity (Wildman–Crippen MR) is 68.2 cm³/mol. The first-order valence-corrected chi connectivity index (χ1v) is 5.62. The lowest BCUT2D eigenvalue weighted by Gasteiger charge is -2.09. The molecule has 2 aromatic rings. The fourth-order valence-corrected chi connectivity index (χ4v) is 1.69. The summed E-state index contributed by atoms with van der Waals surface area (Å²) in [6, 6.07) is 5.53. The molecule has 0 aliphatic rings. The largest absolute Gasteiger partial charge is 0.471 e. The molecule has 5 heteroatoms. The predicted octanol–water partition coefficient (Wildman–Crippen LogP) is 2.77. The van der Waals surface area contributed by atoms with Crippen LogP contribution >= 0.6 is 11.6 Å². The highest BCUT2D eigenvalue weighted by Gasteiger charge is 2.04. The highest BCUT2D eigenvalue weighted by atomic mass is 35.5. The van der Waals surface area contributed by atoms with Crippen molar-refractivity contribution < 1.29 is 4.74 Å². The molecule has 0 atom stereocenters. The number of nitrogen functional groups attached to an aromatic ring is 1. The zero-order chi connectivity index (χ0) is 12.4. The van der Waals surface area contributed by atoms with Gasteiger partial charge in [-0.3, -0.25) is 0 Å². The van der Waals surface area contributed by atoms with E-state index in [4.69, 9.17) is 22.1 Å². The molecule has 0 radical (unpaired) electrons. The van der Waals surface area contributed by atoms with E-state index in [1.165, 1.54) is 0 Å². The number of nitrogens with two attached hydrogens (primary N) is 1. The zero-order valence-electron chi connectivity index (χ0n) is 9.77. The van der Waals surface area contributed by atoms with Crippen LogP contribution in [0.25, 0.3) is 0 Å². The van der Waals surface area contributed by atoms with Crippen LogP contribution in [0.15, 0.2) is 24.4 Å². The maximum atomic E-state index is 6.08. The SMILES string of the molecule is Cc1cc(OCn2ccc(N)n2)cc(C)c1Cl. The highest BCUT2D eigenvalue weighted by molar-refractivity contribution is 6.32. The molecule has 0 aliphatic carbocycles. The van der Waals surface area contributed by atoms with Crippen LogP contribution in [0.4, 0.5) is 5.82 Å². The van der Waals surface area contributed by atoms with Crippen LogP contribution in [0.1, 0.15) is 11.1 Å². The maximum Gasteiger partial charge on any atom is 0.180 e. The molecule has 1 aromatic carbocycles. The fraction of sp³-hybridized carbons (Fsp3) is 0.250. The number of aryl methyl sites for hydroxylation is 2. The lowest BCUT2D eigenvalue weighted by molar-refractivity contribution is 0.221. The van der Waals surface area contributed by atoms with E-state index in [-0.39, 0.29) is 0 Å². The first-order chi connectivity index (χ1) is 8.06. The molecule has 0 saturated carbocycles. The van der Waals surface area contributed by atoms with E-state index in [0.717, 1.165) is 21.9 Å². The molecular formula is C12H14ClN3O. The average molecular weight is 252 g/mol. The molecule has 0 unspecified atom stereocenters. The first-order valence-electron chi connectivity index (χ1n) is 5.25. The molecule has 4 nitrogen and oxygen atoms in total. The van der Waals surface area contributed by atoms with Crippen molar-refractivity contribution in [3.05, 3.63) is 40.5 Å². The highest BCUT2D eigenvalue weighted by Crippen LogP contribution is 2.25. The second-order valence-electron chi connectivity index (χ2n) is 3.92. The van der Waals surface area contributed by atoms with Crippen LogP contribution in [-0.2, 0) is 6.73 Å². The second-order valence-corrected chi connectivity index (χ2v) is 4.30. The van der Waals surface area contributed by atoms with E-state index < -0.39 is 0 Å². The van der Waals surface area contributed by atoms with E-state index in [2.05, 4.69) is 5.10 Å². The number of aromatic nitrogens is 2. The van der Waals surface area contributed by atoms with Gasteiger partial charge in [-0.2, -0.15) is 5.10 Å². The quantitative estimate of drug-likeness (QED) is 0.913. The third kappa shape index (κ3) is 2.71. The molecule has 0 fully saturated rings. The Labute approximate surface area is 105 Å². The molecule has 1 aromatic heterocycles. The lowest BCUT2D eigenvalue weighted by atomic mass is 10.1. The zero-order valence-corrected chi connectivity index (χ0v) is 10.5. The van der Waals surface area contributed by atoms with Gasteiger partial charge in [-0.25, -0.2) is 4.68 Å². The topological polar surface area (TPSA) is 53.1 Å². The minimum absolute atomic E-state index is 0.331. The van der Waals surface area contributed by atoms with Crippen LogP contribution < -0.4 is 10.5 Å². The number of hydrogen-bond donors (Lipinski definition) is 1. The van der Waals surface area contributed by atoms with Gasteiger partial charge in [-0.15, -0.1) is 0 Å². The smallest absolute Gasteiger partial charge is 0.180 e. The van der Waals surface area contributed by atoms with Gasteiger partial charge in [-0.1, -0.05) is 11.6 Å². The van der Waals surface area contributed by atoms with Gasteiger partial charge >= 0.3 is 0 Å². The van der Waals surface area contributed by atoms with E-state index in [1.54, 1.807) is 16.9 Å². The standard InChI is InChI=1S/C12H14ClN3O/c1-8-5-10(6-9(2)12(8)13)17-7-16-4-3-11(14)15-16/h3-6H,7H2,1-2H3,(H2,14,15). The molecule has 0 aliphatic heterocycles. The summed E-state index contributed by atoms with van der Waals surface area (Å²) in [5.74, 6) is 1.26. The van der Waals surface area contributed by atoms with Crippen LogP contribution in [0, 0.1) is 13.8 Å². The van der Waals surface area contributed by atoms with Crippen molar-refractivity contribution in [3.63, 3.8) is 0 Å². The number of ether oxygens (including phenoxy) is 1. The molecule has 90 valence electrons. The maximum absolute atomic E-state index is 6.08. The summed E-state index contributed by atoms with van der Waals surface area (Å²) in [5, 5.41) is 4.81. The Morgan fingerprint density at radius 3 is 2.53 bits per heavy atom. The van der Waals surface area contributed by atoms with Gasteiger partial charge in [0.25, 0.3) is 0 Å². The van der Waals surface area contributed by atoms with Gasteiger partial charge in [0, 0.05) is 17.3 Å². The Hall–Kier alpha value is -1.68. The number of hydrogen-bond acceptors (Lipinski definition) is 3. The van der Waals surface area contributed by atoms with E-state index in [9.17, 15) is 0 Å². The third-order valence-electron chi connectivity index (χ3n) is 2.43. The Morgan fingerprint density at radius 2 is 2.00 bits per heavy atom. The van der Waals surface area contributed by atoms with Gasteiger partial charge in [0.05, 0.1) is 0 Å². The van der Waals surface area contributed by atoms with Gasteiger partial charge < -0.3 is 10.5 Å². The number of rotatable bonds is 3. The van der Waals surface area contributed by atoms with Gasteiger partial charge in [-0.05, 0) is 37.1 Å². The second kappa shape index (κ2) is 4.67. The molecule has 0 saturated heterocycles. The summed E-state index contributed by atoms with van der Waals surface area (Å²) in [4.78, 5) is 0. The number of halogens is 1. The van der Waals surface area contributed by atoms with Gasteiger partial charge in [0.1, 0.15) is 11.6 Å². The molecule has 0 amide bonds. The Kier molecular flexibility index (Phi) is 3.24. The number of nitrogens with zero attached hydrogens (tertiary/aromatic N) is 2. The van der Waals surface area contributed by atoms with Crippen LogP contribution in [0.3, 0.4) is 0 Å². The summed E-state index contributed by atoms with van der Waals surface area (Å²) in [6.07, 6.45) is 1.77. The summed E-state index contributed by atoms with van der Waals surface area (Å²) < 4.78 is 7.24. The summed E-state index contributed by atoms with van der Waals surface area (Å²) >= 11 is 6.08. The van der Waals surface area contributed by atoms with Crippen molar-refractivity contribution in [1.82, 2.24) is 9.78 Å². The summed E-state index contributed by atoms with van der Waals surface area (Å²) in [5.41, 5.74) is 7.51. The first kappa shape index (κ1) is 11.8. The van der Waals surface area contributed by atoms with E-state index in [0.29, 0.717) is 12.5 Å². The fourth-order valence-electron chi connectivity index (χ4n) is 1.58. The van der Waals surface area contributed by atoms with Gasteiger partial charge in [0.2, 0.25) is 0 Å². The molecule has 0 bridgehead atoms. The molecule has 1 heterocycles. The molecule has 17 heavy (non-hydrogen) atoms. The van der Waals surface area contributed by atoms with Crippen molar-refractivity contribution >= 4 is 17.4 Å². The van der Waals surface area contributed by atoms with Crippen molar-refractivity contribution in [3.8, 4) is 5.75 Å². The number of benzene rings is 1. The normalized spacial score (nSPS) is 10.5. The van der Waals surface area contributed by atoms with Crippen LogP contribution in [0.5, 0.6) is 5.75 Å². The minimum atomic E-state index is 0.331. The summed E-state index contributed by atoms with van der Waals surface area (Å²) in [7, 11) is 0. The Bertz CT molecular complexity index is 513. The Morgan fingerprint density at radius 1 is 1.35 bits per heavy atom. The van der Waals surface area contributed by atoms with E-state index in [1.807, 2.05) is 26.0 Å². The lowest BCUT2D eigenvalue weighted by Crippen LogP contribution is -2.06. The molecule has 2 rings (SSSR count). The third-order valence-corrected chi connectivity index (χ3v) is 3.03.